The van der Waals surface area contributed by atoms with E-state index in [-0.39, 0.29) is 0 Å². The van der Waals surface area contributed by atoms with E-state index < -0.39 is 0 Å². The molecule has 0 saturated carbocycles. The predicted octanol–water partition coefficient (Wildman–Crippen LogP) is 2.36. The van der Waals surface area contributed by atoms with E-state index in [1.165, 1.54) is 0 Å². The van der Waals surface area contributed by atoms with Crippen LogP contribution in [0.1, 0.15) is 18.4 Å². The normalized spacial score (nSPS) is 9.92. The number of nitrogens with zero attached hydrogens (tertiary/aromatic N) is 2. The molecule has 0 fully saturated rings. The summed E-state index contributed by atoms with van der Waals surface area (Å²) in [6, 6.07) is 0. The average Bonchev–Trinajstić information content (AvgIpc) is 2.49. The van der Waals surface area contributed by atoms with Gasteiger partial charge in [-0.05, 0) is 6.92 Å². The molecule has 1 aromatic heterocycles. The molecule has 0 unspecified atom stereocenters. The summed E-state index contributed by atoms with van der Waals surface area (Å²) in [5.41, 5.74) is 1.09. The zero-order chi connectivity index (χ0) is 9.68. The molecule has 2 nitrogen and oxygen atoms in total. The first-order valence-electron chi connectivity index (χ1n) is 4.58. The minimum absolute atomic E-state index is 0.838. The molecule has 1 rings (SSSR count). The van der Waals surface area contributed by atoms with E-state index in [9.17, 15) is 0 Å². The SMILES string of the molecule is C=CCc1cn(CC)c(CC=C)n1. The fraction of sp³-hybridized carbons (Fsp3) is 0.364. The van der Waals surface area contributed by atoms with E-state index in [1.807, 2.05) is 12.2 Å². The first-order valence-corrected chi connectivity index (χ1v) is 4.58. The van der Waals surface area contributed by atoms with Gasteiger partial charge in [0.05, 0.1) is 5.69 Å². The molecule has 1 aromatic rings. The third-order valence-electron chi connectivity index (χ3n) is 1.93. The second-order valence-electron chi connectivity index (χ2n) is 2.92. The Morgan fingerprint density at radius 2 is 2.08 bits per heavy atom. The van der Waals surface area contributed by atoms with Crippen LogP contribution in [-0.4, -0.2) is 9.55 Å². The Hall–Kier alpha value is -1.31. The Bertz CT molecular complexity index is 297. The molecular formula is C11H16N2. The quantitative estimate of drug-likeness (QED) is 0.630. The van der Waals surface area contributed by atoms with Crippen LogP contribution in [0.15, 0.2) is 31.5 Å². The zero-order valence-electron chi connectivity index (χ0n) is 8.16. The van der Waals surface area contributed by atoms with Gasteiger partial charge in [0.2, 0.25) is 0 Å². The van der Waals surface area contributed by atoms with Crippen LogP contribution in [0.4, 0.5) is 0 Å². The van der Waals surface area contributed by atoms with Gasteiger partial charge in [-0.1, -0.05) is 12.2 Å². The first-order chi connectivity index (χ1) is 6.31. The summed E-state index contributed by atoms with van der Waals surface area (Å²) in [4.78, 5) is 4.48. The maximum atomic E-state index is 4.48. The highest BCUT2D eigenvalue weighted by molar-refractivity contribution is 5.09. The smallest absolute Gasteiger partial charge is 0.112 e. The zero-order valence-corrected chi connectivity index (χ0v) is 8.16. The van der Waals surface area contributed by atoms with Gasteiger partial charge in [-0.3, -0.25) is 0 Å². The fourth-order valence-corrected chi connectivity index (χ4v) is 1.33. The van der Waals surface area contributed by atoms with Crippen molar-refractivity contribution in [3.63, 3.8) is 0 Å². The van der Waals surface area contributed by atoms with E-state index in [4.69, 9.17) is 0 Å². The molecule has 0 radical (unpaired) electrons. The maximum Gasteiger partial charge on any atom is 0.112 e. The van der Waals surface area contributed by atoms with Gasteiger partial charge in [0, 0.05) is 25.6 Å². The first kappa shape index (κ1) is 9.78. The lowest BCUT2D eigenvalue weighted by atomic mass is 10.3. The molecule has 0 aliphatic carbocycles. The van der Waals surface area contributed by atoms with Crippen LogP contribution in [0.25, 0.3) is 0 Å². The second-order valence-corrected chi connectivity index (χ2v) is 2.92. The van der Waals surface area contributed by atoms with Crippen LogP contribution in [0, 0.1) is 0 Å². The van der Waals surface area contributed by atoms with E-state index >= 15 is 0 Å². The standard InChI is InChI=1S/C11H16N2/c1-4-7-10-9-13(6-3)11(12-10)8-5-2/h4-5,9H,1-2,6-8H2,3H3. The lowest BCUT2D eigenvalue weighted by molar-refractivity contribution is 0.716. The molecule has 0 aliphatic rings. The van der Waals surface area contributed by atoms with Gasteiger partial charge < -0.3 is 4.57 Å². The number of hydrogen-bond donors (Lipinski definition) is 0. The summed E-state index contributed by atoms with van der Waals surface area (Å²) in [5, 5.41) is 0. The Balaban J connectivity index is 2.89. The highest BCUT2D eigenvalue weighted by Gasteiger charge is 2.03. The Morgan fingerprint density at radius 1 is 1.38 bits per heavy atom. The van der Waals surface area contributed by atoms with Crippen LogP contribution in [0.2, 0.25) is 0 Å². The van der Waals surface area contributed by atoms with Crippen molar-refractivity contribution in [3.05, 3.63) is 43.0 Å². The molecule has 0 bridgehead atoms. The third kappa shape index (κ3) is 2.31. The Labute approximate surface area is 79.6 Å². The number of hydrogen-bond acceptors (Lipinski definition) is 1. The molecule has 0 saturated heterocycles. The molecule has 0 spiro atoms. The minimum Gasteiger partial charge on any atom is -0.335 e. The van der Waals surface area contributed by atoms with Crippen LogP contribution in [-0.2, 0) is 19.4 Å². The number of imidazole rings is 1. The molecule has 0 amide bonds. The summed E-state index contributed by atoms with van der Waals surface area (Å²) < 4.78 is 2.15. The predicted molar refractivity (Wildman–Crippen MR) is 55.7 cm³/mol. The van der Waals surface area contributed by atoms with Crippen LogP contribution < -0.4 is 0 Å². The van der Waals surface area contributed by atoms with Gasteiger partial charge >= 0.3 is 0 Å². The Kier molecular flexibility index (Phi) is 3.50. The van der Waals surface area contributed by atoms with E-state index in [1.54, 1.807) is 0 Å². The van der Waals surface area contributed by atoms with Crippen molar-refractivity contribution in [1.29, 1.82) is 0 Å². The fourth-order valence-electron chi connectivity index (χ4n) is 1.33. The molecule has 13 heavy (non-hydrogen) atoms. The lowest BCUT2D eigenvalue weighted by Gasteiger charge is -1.99. The average molecular weight is 176 g/mol. The van der Waals surface area contributed by atoms with Gasteiger partial charge in [-0.25, -0.2) is 4.98 Å². The van der Waals surface area contributed by atoms with Gasteiger partial charge in [0.25, 0.3) is 0 Å². The topological polar surface area (TPSA) is 17.8 Å². The number of allylic oxidation sites excluding steroid dienone is 2. The summed E-state index contributed by atoms with van der Waals surface area (Å²) in [5.74, 6) is 1.09. The molecule has 2 heteroatoms. The molecular weight excluding hydrogens is 160 g/mol. The van der Waals surface area contributed by atoms with Gasteiger partial charge in [0.15, 0.2) is 0 Å². The van der Waals surface area contributed by atoms with Crippen LogP contribution >= 0.6 is 0 Å². The van der Waals surface area contributed by atoms with Crippen molar-refractivity contribution in [3.8, 4) is 0 Å². The highest BCUT2D eigenvalue weighted by Crippen LogP contribution is 2.05. The van der Waals surface area contributed by atoms with Crippen molar-refractivity contribution < 1.29 is 0 Å². The summed E-state index contributed by atoms with van der Waals surface area (Å²) >= 11 is 0. The van der Waals surface area contributed by atoms with Gasteiger partial charge in [-0.15, -0.1) is 13.2 Å². The van der Waals surface area contributed by atoms with Crippen LogP contribution in [0.3, 0.4) is 0 Å². The second kappa shape index (κ2) is 4.65. The Morgan fingerprint density at radius 3 is 2.62 bits per heavy atom. The van der Waals surface area contributed by atoms with Crippen molar-refractivity contribution in [2.24, 2.45) is 0 Å². The van der Waals surface area contributed by atoms with Crippen LogP contribution in [0.5, 0.6) is 0 Å². The van der Waals surface area contributed by atoms with E-state index in [0.29, 0.717) is 0 Å². The molecule has 0 atom stereocenters. The molecule has 0 N–H and O–H groups in total. The summed E-state index contributed by atoms with van der Waals surface area (Å²) in [6.07, 6.45) is 7.52. The summed E-state index contributed by atoms with van der Waals surface area (Å²) in [7, 11) is 0. The molecule has 0 aromatic carbocycles. The lowest BCUT2D eigenvalue weighted by Crippen LogP contribution is -1.98. The maximum absolute atomic E-state index is 4.48. The number of aromatic nitrogens is 2. The molecule has 70 valence electrons. The largest absolute Gasteiger partial charge is 0.335 e. The van der Waals surface area contributed by atoms with Crippen molar-refractivity contribution >= 4 is 0 Å². The molecule has 1 heterocycles. The van der Waals surface area contributed by atoms with Gasteiger partial charge in [0.1, 0.15) is 5.82 Å². The van der Waals surface area contributed by atoms with Crippen molar-refractivity contribution in [2.75, 3.05) is 0 Å². The van der Waals surface area contributed by atoms with E-state index in [0.717, 1.165) is 30.9 Å². The number of aryl methyl sites for hydroxylation is 1. The third-order valence-corrected chi connectivity index (χ3v) is 1.93. The molecule has 0 aliphatic heterocycles. The highest BCUT2D eigenvalue weighted by atomic mass is 15.1. The van der Waals surface area contributed by atoms with Crippen molar-refractivity contribution in [1.82, 2.24) is 9.55 Å². The van der Waals surface area contributed by atoms with Gasteiger partial charge in [-0.2, -0.15) is 0 Å². The van der Waals surface area contributed by atoms with E-state index in [2.05, 4.69) is 35.8 Å². The number of rotatable bonds is 5. The minimum atomic E-state index is 0.838. The van der Waals surface area contributed by atoms with Crippen molar-refractivity contribution in [2.45, 2.75) is 26.3 Å². The summed E-state index contributed by atoms with van der Waals surface area (Å²) in [6.45, 7) is 10.5. The monoisotopic (exact) mass is 176 g/mol.